The summed E-state index contributed by atoms with van der Waals surface area (Å²) in [6.07, 6.45) is 1.85. The summed E-state index contributed by atoms with van der Waals surface area (Å²) in [6, 6.07) is 5.61. The van der Waals surface area contributed by atoms with Crippen molar-refractivity contribution in [2.45, 2.75) is 37.1 Å². The van der Waals surface area contributed by atoms with Crippen LogP contribution < -0.4 is 10.2 Å². The summed E-state index contributed by atoms with van der Waals surface area (Å²) in [6.45, 7) is 1.95. The van der Waals surface area contributed by atoms with Crippen molar-refractivity contribution in [3.05, 3.63) is 24.3 Å². The molecule has 0 saturated heterocycles. The lowest BCUT2D eigenvalue weighted by atomic mass is 10.0. The number of nitrogens with zero attached hydrogens (tertiary/aromatic N) is 1. The molecule has 136 valence electrons. The first kappa shape index (κ1) is 19.2. The Bertz CT molecular complexity index is 764. The number of hydroxylamine groups is 1. The molecule has 1 saturated carbocycles. The molecule has 0 aromatic heterocycles. The minimum absolute atomic E-state index is 0.124. The van der Waals surface area contributed by atoms with Gasteiger partial charge >= 0.3 is 0 Å². The van der Waals surface area contributed by atoms with Crippen LogP contribution in [0.25, 0.3) is 0 Å². The lowest BCUT2D eigenvalue weighted by molar-refractivity contribution is -0.134. The van der Waals surface area contributed by atoms with E-state index in [-0.39, 0.29) is 11.5 Å². The van der Waals surface area contributed by atoms with Crippen LogP contribution in [0.5, 0.6) is 5.75 Å². The molecule has 1 aliphatic rings. The minimum atomic E-state index is -3.75. The molecule has 2 unspecified atom stereocenters. The molecule has 2 N–H and O–H groups in total. The van der Waals surface area contributed by atoms with E-state index in [9.17, 15) is 13.2 Å². The largest absolute Gasteiger partial charge is 0.481 e. The maximum Gasteiger partial charge on any atom is 0.248 e. The van der Waals surface area contributed by atoms with E-state index in [2.05, 4.69) is 11.8 Å². The van der Waals surface area contributed by atoms with Crippen molar-refractivity contribution in [2.75, 3.05) is 13.7 Å². The van der Waals surface area contributed by atoms with E-state index < -0.39 is 27.9 Å². The molecular weight excluding hydrogens is 344 g/mol. The Morgan fingerprint density at radius 2 is 2.04 bits per heavy atom. The quantitative estimate of drug-likeness (QED) is 0.450. The second kappa shape index (κ2) is 8.34. The highest BCUT2D eigenvalue weighted by Gasteiger charge is 2.40. The van der Waals surface area contributed by atoms with Crippen LogP contribution in [-0.4, -0.2) is 43.5 Å². The van der Waals surface area contributed by atoms with Crippen LogP contribution in [0, 0.1) is 17.8 Å². The second-order valence-electron chi connectivity index (χ2n) is 5.79. The second-order valence-corrected chi connectivity index (χ2v) is 7.79. The van der Waals surface area contributed by atoms with Crippen molar-refractivity contribution in [3.8, 4) is 17.6 Å². The summed E-state index contributed by atoms with van der Waals surface area (Å²) in [4.78, 5) is 11.9. The average Bonchev–Trinajstić information content (AvgIpc) is 3.10. The van der Waals surface area contributed by atoms with E-state index in [1.165, 1.54) is 23.5 Å². The topological polar surface area (TPSA) is 95.9 Å². The SMILES string of the molecule is CC#CCOc1ccc(S(=O)(=O)N(C)C2CCCC2C(=O)NO)cc1. The van der Waals surface area contributed by atoms with E-state index >= 15 is 0 Å². The molecule has 7 nitrogen and oxygen atoms in total. The summed E-state index contributed by atoms with van der Waals surface area (Å²) in [5, 5.41) is 8.84. The smallest absolute Gasteiger partial charge is 0.248 e. The van der Waals surface area contributed by atoms with Crippen LogP contribution in [0.3, 0.4) is 0 Å². The normalized spacial score (nSPS) is 20.0. The highest BCUT2D eigenvalue weighted by Crippen LogP contribution is 2.32. The number of amides is 1. The summed E-state index contributed by atoms with van der Waals surface area (Å²) >= 11 is 0. The van der Waals surface area contributed by atoms with E-state index in [0.29, 0.717) is 18.6 Å². The first-order chi connectivity index (χ1) is 11.9. The highest BCUT2D eigenvalue weighted by atomic mass is 32.2. The Morgan fingerprint density at radius 1 is 1.36 bits per heavy atom. The van der Waals surface area contributed by atoms with E-state index in [0.717, 1.165) is 6.42 Å². The van der Waals surface area contributed by atoms with Gasteiger partial charge in [-0.2, -0.15) is 4.31 Å². The van der Waals surface area contributed by atoms with Gasteiger partial charge in [-0.05, 0) is 44.0 Å². The molecule has 0 spiro atoms. The van der Waals surface area contributed by atoms with Crippen LogP contribution in [0.4, 0.5) is 0 Å². The summed E-state index contributed by atoms with van der Waals surface area (Å²) in [5.74, 6) is 4.89. The molecule has 1 amide bonds. The zero-order valence-corrected chi connectivity index (χ0v) is 15.0. The van der Waals surface area contributed by atoms with E-state index in [1.54, 1.807) is 24.5 Å². The van der Waals surface area contributed by atoms with Gasteiger partial charge in [-0.25, -0.2) is 13.9 Å². The third kappa shape index (κ3) is 4.31. The van der Waals surface area contributed by atoms with Crippen LogP contribution in [0.1, 0.15) is 26.2 Å². The van der Waals surface area contributed by atoms with Crippen molar-refractivity contribution in [1.82, 2.24) is 9.79 Å². The van der Waals surface area contributed by atoms with Crippen LogP contribution in [-0.2, 0) is 14.8 Å². The lowest BCUT2D eigenvalue weighted by Gasteiger charge is -2.28. The summed E-state index contributed by atoms with van der Waals surface area (Å²) in [5.41, 5.74) is 1.63. The molecule has 2 rings (SSSR count). The molecule has 1 aromatic carbocycles. The molecule has 1 aliphatic carbocycles. The fourth-order valence-electron chi connectivity index (χ4n) is 3.01. The number of carbonyl (C=O) groups excluding carboxylic acids is 1. The van der Waals surface area contributed by atoms with Crippen LogP contribution in [0.2, 0.25) is 0 Å². The van der Waals surface area contributed by atoms with Gasteiger partial charge < -0.3 is 4.74 Å². The number of hydrogen-bond donors (Lipinski definition) is 2. The van der Waals surface area contributed by atoms with Gasteiger partial charge in [0.1, 0.15) is 12.4 Å². The van der Waals surface area contributed by atoms with E-state index in [1.807, 2.05) is 0 Å². The van der Waals surface area contributed by atoms with Crippen molar-refractivity contribution in [1.29, 1.82) is 0 Å². The molecule has 2 atom stereocenters. The Hall–Kier alpha value is -2.08. The zero-order chi connectivity index (χ0) is 18.4. The third-order valence-electron chi connectivity index (χ3n) is 4.38. The van der Waals surface area contributed by atoms with Gasteiger partial charge in [-0.15, -0.1) is 5.92 Å². The number of carbonyl (C=O) groups is 1. The van der Waals surface area contributed by atoms with Gasteiger partial charge in [0, 0.05) is 13.1 Å². The number of ether oxygens (including phenoxy) is 1. The highest BCUT2D eigenvalue weighted by molar-refractivity contribution is 7.89. The van der Waals surface area contributed by atoms with Crippen molar-refractivity contribution in [2.24, 2.45) is 5.92 Å². The minimum Gasteiger partial charge on any atom is -0.481 e. The van der Waals surface area contributed by atoms with Gasteiger partial charge in [0.05, 0.1) is 10.8 Å². The number of hydrogen-bond acceptors (Lipinski definition) is 5. The van der Waals surface area contributed by atoms with Crippen LogP contribution >= 0.6 is 0 Å². The molecule has 0 heterocycles. The zero-order valence-electron chi connectivity index (χ0n) is 14.2. The first-order valence-corrected chi connectivity index (χ1v) is 9.40. The van der Waals surface area contributed by atoms with E-state index in [4.69, 9.17) is 9.94 Å². The Labute approximate surface area is 148 Å². The fourth-order valence-corrected chi connectivity index (χ4v) is 4.43. The Kier molecular flexibility index (Phi) is 6.42. The lowest BCUT2D eigenvalue weighted by Crippen LogP contribution is -2.44. The van der Waals surface area contributed by atoms with Crippen LogP contribution in [0.15, 0.2) is 29.2 Å². The van der Waals surface area contributed by atoms with Gasteiger partial charge in [0.25, 0.3) is 0 Å². The molecule has 0 aliphatic heterocycles. The number of rotatable bonds is 6. The summed E-state index contributed by atoms with van der Waals surface area (Å²) < 4.78 is 32.2. The van der Waals surface area contributed by atoms with Gasteiger partial charge in [0.2, 0.25) is 15.9 Å². The molecule has 1 aromatic rings. The third-order valence-corrected chi connectivity index (χ3v) is 6.28. The number of nitrogens with one attached hydrogen (secondary N) is 1. The Balaban J connectivity index is 2.16. The monoisotopic (exact) mass is 366 g/mol. The standard InChI is InChI=1S/C17H22N2O5S/c1-3-4-12-24-13-8-10-14(11-9-13)25(22,23)19(2)16-7-5-6-15(16)17(20)18-21/h8-11,15-16,21H,5-7,12H2,1-2H3,(H,18,20). The Morgan fingerprint density at radius 3 is 2.64 bits per heavy atom. The maximum absolute atomic E-state index is 12.8. The molecule has 8 heteroatoms. The molecule has 0 radical (unpaired) electrons. The van der Waals surface area contributed by atoms with Gasteiger partial charge in [-0.1, -0.05) is 12.3 Å². The molecule has 0 bridgehead atoms. The molecule has 1 fully saturated rings. The van der Waals surface area contributed by atoms with Crippen molar-refractivity contribution in [3.63, 3.8) is 0 Å². The molecular formula is C17H22N2O5S. The predicted molar refractivity (Wildman–Crippen MR) is 91.4 cm³/mol. The number of benzene rings is 1. The fraction of sp³-hybridized carbons (Fsp3) is 0.471. The van der Waals surface area contributed by atoms with Gasteiger partial charge in [-0.3, -0.25) is 10.0 Å². The van der Waals surface area contributed by atoms with Crippen molar-refractivity contribution < 1.29 is 23.2 Å². The van der Waals surface area contributed by atoms with Crippen molar-refractivity contribution >= 4 is 15.9 Å². The predicted octanol–water partition coefficient (Wildman–Crippen LogP) is 1.38. The first-order valence-electron chi connectivity index (χ1n) is 7.96. The average molecular weight is 366 g/mol. The summed E-state index contributed by atoms with van der Waals surface area (Å²) in [7, 11) is -2.29. The molecule has 25 heavy (non-hydrogen) atoms. The maximum atomic E-state index is 12.8. The van der Waals surface area contributed by atoms with Gasteiger partial charge in [0.15, 0.2) is 0 Å². The number of sulfonamides is 1.